The van der Waals surface area contributed by atoms with Gasteiger partial charge >= 0.3 is 0 Å². The van der Waals surface area contributed by atoms with Gasteiger partial charge in [0.05, 0.1) is 13.2 Å². The summed E-state index contributed by atoms with van der Waals surface area (Å²) in [5, 5.41) is 28.1. The first-order valence-corrected chi connectivity index (χ1v) is 8.88. The van der Waals surface area contributed by atoms with Crippen LogP contribution < -0.4 is 0 Å². The molecule has 0 aliphatic rings. The monoisotopic (exact) mass is 272 g/mol. The van der Waals surface area contributed by atoms with Crippen molar-refractivity contribution in [3.8, 4) is 11.5 Å². The van der Waals surface area contributed by atoms with Crippen molar-refractivity contribution in [2.75, 3.05) is 13.2 Å². The van der Waals surface area contributed by atoms with Crippen LogP contribution in [0.15, 0.2) is 0 Å². The molecule has 0 amide bonds. The maximum Gasteiger partial charge on any atom is 0.170 e. The number of hydrogen-bond donors (Lipinski definition) is 3. The van der Waals surface area contributed by atoms with Crippen LogP contribution in [0.25, 0.3) is 0 Å². The average molecular weight is 272 g/mol. The van der Waals surface area contributed by atoms with Crippen molar-refractivity contribution >= 4 is 8.07 Å². The maximum absolute atomic E-state index is 9.89. The molecular weight excluding hydrogens is 244 g/mol. The van der Waals surface area contributed by atoms with E-state index < -0.39 is 26.9 Å². The van der Waals surface area contributed by atoms with E-state index in [1.165, 1.54) is 0 Å². The van der Waals surface area contributed by atoms with E-state index in [-0.39, 0.29) is 0 Å². The molecular formula is C14H28O3Si. The van der Waals surface area contributed by atoms with Gasteiger partial charge in [0.25, 0.3) is 0 Å². The normalized spacial score (nSPS) is 13.1. The lowest BCUT2D eigenvalue weighted by Crippen LogP contribution is -2.45. The van der Waals surface area contributed by atoms with Crippen molar-refractivity contribution in [3.05, 3.63) is 0 Å². The summed E-state index contributed by atoms with van der Waals surface area (Å²) < 4.78 is 0. The first kappa shape index (κ1) is 17.7. The number of hydrogen-bond acceptors (Lipinski definition) is 3. The lowest BCUT2D eigenvalue weighted by Gasteiger charge is -2.38. The van der Waals surface area contributed by atoms with Gasteiger partial charge in [0.2, 0.25) is 0 Å². The quantitative estimate of drug-likeness (QED) is 0.529. The standard InChI is InChI=1S/C14H28O3Si/c1-11(2)18(12(3)4,13(5)6)8-7-14(17,9-15)10-16/h11-13,15-17H,9-10H2,1-6H3. The van der Waals surface area contributed by atoms with E-state index in [2.05, 4.69) is 53.0 Å². The molecule has 0 aromatic carbocycles. The van der Waals surface area contributed by atoms with Crippen LogP contribution >= 0.6 is 0 Å². The molecule has 0 rings (SSSR count). The zero-order valence-corrected chi connectivity index (χ0v) is 13.5. The molecule has 0 aliphatic heterocycles. The van der Waals surface area contributed by atoms with Crippen LogP contribution in [-0.4, -0.2) is 42.2 Å². The van der Waals surface area contributed by atoms with Gasteiger partial charge in [0, 0.05) is 0 Å². The fourth-order valence-corrected chi connectivity index (χ4v) is 8.10. The topological polar surface area (TPSA) is 60.7 Å². The molecule has 18 heavy (non-hydrogen) atoms. The Hall–Kier alpha value is -0.343. The molecule has 0 heterocycles. The minimum absolute atomic E-state index is 0.464. The Labute approximate surface area is 112 Å². The van der Waals surface area contributed by atoms with Gasteiger partial charge in [0.15, 0.2) is 5.60 Å². The second kappa shape index (κ2) is 6.72. The third kappa shape index (κ3) is 3.58. The van der Waals surface area contributed by atoms with Crippen LogP contribution in [-0.2, 0) is 0 Å². The molecule has 0 fully saturated rings. The van der Waals surface area contributed by atoms with Gasteiger partial charge in [-0.3, -0.25) is 0 Å². The van der Waals surface area contributed by atoms with Gasteiger partial charge in [-0.05, 0) is 16.6 Å². The van der Waals surface area contributed by atoms with Crippen molar-refractivity contribution in [2.45, 2.75) is 63.8 Å². The van der Waals surface area contributed by atoms with Crippen LogP contribution in [0, 0.1) is 11.5 Å². The molecule has 0 spiro atoms. The minimum Gasteiger partial charge on any atom is -0.392 e. The highest BCUT2D eigenvalue weighted by Crippen LogP contribution is 2.40. The third-order valence-electron chi connectivity index (χ3n) is 3.90. The molecule has 4 heteroatoms. The first-order chi connectivity index (χ1) is 8.16. The second-order valence-corrected chi connectivity index (χ2v) is 11.6. The summed E-state index contributed by atoms with van der Waals surface area (Å²) in [7, 11) is -1.91. The van der Waals surface area contributed by atoms with Crippen molar-refractivity contribution in [1.29, 1.82) is 0 Å². The van der Waals surface area contributed by atoms with Gasteiger partial charge in [-0.1, -0.05) is 47.5 Å². The molecule has 3 nitrogen and oxygen atoms in total. The molecule has 106 valence electrons. The Kier molecular flexibility index (Phi) is 6.59. The Morgan fingerprint density at radius 1 is 0.889 bits per heavy atom. The van der Waals surface area contributed by atoms with Gasteiger partial charge in [-0.2, -0.15) is 0 Å². The van der Waals surface area contributed by atoms with E-state index in [4.69, 9.17) is 10.2 Å². The van der Waals surface area contributed by atoms with Crippen LogP contribution in [0.4, 0.5) is 0 Å². The molecule has 0 saturated heterocycles. The van der Waals surface area contributed by atoms with Crippen molar-refractivity contribution in [1.82, 2.24) is 0 Å². The summed E-state index contributed by atoms with van der Waals surface area (Å²) in [6.45, 7) is 12.0. The summed E-state index contributed by atoms with van der Waals surface area (Å²) in [6.07, 6.45) is 0. The average Bonchev–Trinajstić information content (AvgIpc) is 2.28. The second-order valence-electron chi connectivity index (χ2n) is 5.99. The van der Waals surface area contributed by atoms with E-state index in [1.54, 1.807) is 0 Å². The predicted molar refractivity (Wildman–Crippen MR) is 77.9 cm³/mol. The largest absolute Gasteiger partial charge is 0.392 e. The van der Waals surface area contributed by atoms with E-state index >= 15 is 0 Å². The zero-order chi connectivity index (χ0) is 14.6. The Balaban J connectivity index is 5.58. The fraction of sp³-hybridized carbons (Fsp3) is 0.857. The number of rotatable bonds is 5. The summed E-state index contributed by atoms with van der Waals surface area (Å²) >= 11 is 0. The molecule has 0 aliphatic carbocycles. The van der Waals surface area contributed by atoms with Gasteiger partial charge < -0.3 is 15.3 Å². The van der Waals surface area contributed by atoms with Gasteiger partial charge in [0.1, 0.15) is 8.07 Å². The molecule has 0 bridgehead atoms. The lowest BCUT2D eigenvalue weighted by molar-refractivity contribution is -0.00935. The summed E-state index contributed by atoms with van der Waals surface area (Å²) in [4.78, 5) is 0. The molecule has 0 saturated carbocycles. The summed E-state index contributed by atoms with van der Waals surface area (Å²) in [5.74, 6) is 2.75. The van der Waals surface area contributed by atoms with Crippen molar-refractivity contribution in [2.24, 2.45) is 0 Å². The van der Waals surface area contributed by atoms with Gasteiger partial charge in [-0.15, -0.1) is 5.54 Å². The third-order valence-corrected chi connectivity index (χ3v) is 10.2. The number of aliphatic hydroxyl groups is 3. The molecule has 0 aromatic rings. The first-order valence-electron chi connectivity index (χ1n) is 6.64. The molecule has 0 unspecified atom stereocenters. The Morgan fingerprint density at radius 2 is 1.22 bits per heavy atom. The minimum atomic E-state index is -1.91. The van der Waals surface area contributed by atoms with E-state index in [0.717, 1.165) is 0 Å². The van der Waals surface area contributed by atoms with Crippen LogP contribution in [0.1, 0.15) is 41.5 Å². The van der Waals surface area contributed by atoms with Gasteiger partial charge in [-0.25, -0.2) is 0 Å². The molecule has 0 atom stereocenters. The summed E-state index contributed by atoms with van der Waals surface area (Å²) in [6, 6.07) is 0. The molecule has 0 aromatic heterocycles. The fourth-order valence-electron chi connectivity index (χ4n) is 2.79. The Morgan fingerprint density at radius 3 is 1.44 bits per heavy atom. The van der Waals surface area contributed by atoms with Crippen LogP contribution in [0.3, 0.4) is 0 Å². The van der Waals surface area contributed by atoms with E-state index in [1.807, 2.05) is 0 Å². The molecule has 3 N–H and O–H groups in total. The number of aliphatic hydroxyl groups excluding tert-OH is 2. The Bertz CT molecular complexity index is 287. The SMILES string of the molecule is CC(C)[Si](C#CC(O)(CO)CO)(C(C)C)C(C)C. The summed E-state index contributed by atoms with van der Waals surface area (Å²) in [5.41, 5.74) is 3.02. The smallest absolute Gasteiger partial charge is 0.170 e. The lowest BCUT2D eigenvalue weighted by atomic mass is 10.1. The van der Waals surface area contributed by atoms with E-state index in [0.29, 0.717) is 16.6 Å². The van der Waals surface area contributed by atoms with Crippen LogP contribution in [0.2, 0.25) is 16.6 Å². The highest BCUT2D eigenvalue weighted by molar-refractivity contribution is 6.90. The van der Waals surface area contributed by atoms with Crippen molar-refractivity contribution in [3.63, 3.8) is 0 Å². The molecule has 0 radical (unpaired) electrons. The zero-order valence-electron chi connectivity index (χ0n) is 12.5. The van der Waals surface area contributed by atoms with Crippen LogP contribution in [0.5, 0.6) is 0 Å². The predicted octanol–water partition coefficient (Wildman–Crippen LogP) is 1.92. The highest BCUT2D eigenvalue weighted by atomic mass is 28.3. The highest BCUT2D eigenvalue weighted by Gasteiger charge is 2.42. The van der Waals surface area contributed by atoms with Crippen molar-refractivity contribution < 1.29 is 15.3 Å². The maximum atomic E-state index is 9.89. The van der Waals surface area contributed by atoms with E-state index in [9.17, 15) is 5.11 Å².